The first-order chi connectivity index (χ1) is 17.0. The minimum absolute atomic E-state index is 0.0731. The second-order valence-electron chi connectivity index (χ2n) is 9.09. The number of hydrogen-bond donors (Lipinski definition) is 2. The Kier molecular flexibility index (Phi) is 8.70. The van der Waals surface area contributed by atoms with Gasteiger partial charge < -0.3 is 24.8 Å². The maximum Gasteiger partial charge on any atom is 0.255 e. The molecule has 35 heavy (non-hydrogen) atoms. The molecule has 4 rings (SSSR count). The zero-order valence-corrected chi connectivity index (χ0v) is 21.3. The van der Waals surface area contributed by atoms with Crippen LogP contribution >= 0.6 is 11.6 Å². The number of hydrogen-bond acceptors (Lipinski definition) is 7. The van der Waals surface area contributed by atoms with Gasteiger partial charge in [-0.15, -0.1) is 0 Å². The number of aromatic nitrogens is 1. The number of amides is 1. The lowest BCUT2D eigenvalue weighted by Crippen LogP contribution is -2.38. The van der Waals surface area contributed by atoms with Crippen molar-refractivity contribution in [3.8, 4) is 11.5 Å². The molecular formula is C26H35ClN4O4. The molecule has 2 N–H and O–H groups in total. The Morgan fingerprint density at radius 2 is 1.80 bits per heavy atom. The van der Waals surface area contributed by atoms with Crippen LogP contribution in [-0.2, 0) is 6.54 Å². The quantitative estimate of drug-likeness (QED) is 0.539. The molecule has 1 aromatic heterocycles. The molecule has 1 unspecified atom stereocenters. The molecule has 3 heterocycles. The fourth-order valence-electron chi connectivity index (χ4n) is 4.66. The summed E-state index contributed by atoms with van der Waals surface area (Å²) in [6, 6.07) is 8.02. The van der Waals surface area contributed by atoms with E-state index in [4.69, 9.17) is 21.1 Å². The lowest BCUT2D eigenvalue weighted by atomic mass is 10.0. The first-order valence-electron chi connectivity index (χ1n) is 12.5. The summed E-state index contributed by atoms with van der Waals surface area (Å²) < 4.78 is 11.4. The maximum absolute atomic E-state index is 12.5. The van der Waals surface area contributed by atoms with E-state index in [0.717, 1.165) is 43.9 Å². The van der Waals surface area contributed by atoms with E-state index in [-0.39, 0.29) is 5.91 Å². The molecule has 0 radical (unpaired) electrons. The summed E-state index contributed by atoms with van der Waals surface area (Å²) in [5.74, 6) is 2.04. The molecule has 190 valence electrons. The summed E-state index contributed by atoms with van der Waals surface area (Å²) in [5, 5.41) is 13.7. The molecule has 2 saturated heterocycles. The number of aliphatic hydroxyl groups excluding tert-OH is 1. The third kappa shape index (κ3) is 6.57. The molecule has 2 fully saturated rings. The topological polar surface area (TPSA) is 87.2 Å². The van der Waals surface area contributed by atoms with Gasteiger partial charge in [-0.25, -0.2) is 4.98 Å². The predicted molar refractivity (Wildman–Crippen MR) is 136 cm³/mol. The zero-order chi connectivity index (χ0) is 24.8. The molecule has 9 heteroatoms. The number of nitrogens with one attached hydrogen (secondary N) is 1. The molecule has 1 atom stereocenters. The summed E-state index contributed by atoms with van der Waals surface area (Å²) in [6.45, 7) is 8.71. The number of ether oxygens (including phenoxy) is 2. The average molecular weight is 503 g/mol. The number of halogens is 1. The second kappa shape index (κ2) is 11.9. The number of nitrogens with zero attached hydrogens (tertiary/aromatic N) is 3. The second-order valence-corrected chi connectivity index (χ2v) is 9.47. The highest BCUT2D eigenvalue weighted by Crippen LogP contribution is 2.36. The van der Waals surface area contributed by atoms with E-state index in [1.165, 1.54) is 0 Å². The molecule has 2 aliphatic heterocycles. The zero-order valence-electron chi connectivity index (χ0n) is 20.5. The van der Waals surface area contributed by atoms with Crippen LogP contribution in [0.3, 0.4) is 0 Å². The number of carbonyl (C=O) groups excluding carboxylic acids is 1. The minimum atomic E-state index is -0.420. The van der Waals surface area contributed by atoms with Crippen LogP contribution in [0.5, 0.6) is 11.5 Å². The number of rotatable bonds is 9. The number of carbonyl (C=O) groups is 1. The molecule has 1 amide bonds. The third-order valence-electron chi connectivity index (χ3n) is 6.47. The van der Waals surface area contributed by atoms with E-state index in [9.17, 15) is 9.90 Å². The van der Waals surface area contributed by atoms with Crippen LogP contribution in [0.25, 0.3) is 0 Å². The summed E-state index contributed by atoms with van der Waals surface area (Å²) >= 11 is 6.43. The van der Waals surface area contributed by atoms with Crippen molar-refractivity contribution >= 4 is 23.3 Å². The van der Waals surface area contributed by atoms with E-state index >= 15 is 0 Å². The molecule has 1 aromatic carbocycles. The van der Waals surface area contributed by atoms with Gasteiger partial charge in [0, 0.05) is 45.0 Å². The number of piperidine rings is 1. The Labute approximate surface area is 212 Å². The molecule has 0 spiro atoms. The Hall–Kier alpha value is -2.55. The monoisotopic (exact) mass is 502 g/mol. The highest BCUT2D eigenvalue weighted by molar-refractivity contribution is 6.33. The van der Waals surface area contributed by atoms with Gasteiger partial charge in [0.15, 0.2) is 0 Å². The van der Waals surface area contributed by atoms with Gasteiger partial charge in [0.25, 0.3) is 5.91 Å². The average Bonchev–Trinajstić information content (AvgIpc) is 3.30. The van der Waals surface area contributed by atoms with Crippen molar-refractivity contribution in [1.29, 1.82) is 0 Å². The van der Waals surface area contributed by atoms with Crippen LogP contribution in [0.4, 0.5) is 5.82 Å². The van der Waals surface area contributed by atoms with Gasteiger partial charge in [0.2, 0.25) is 0 Å². The van der Waals surface area contributed by atoms with E-state index in [2.05, 4.69) is 15.2 Å². The highest BCUT2D eigenvalue weighted by Gasteiger charge is 2.26. The van der Waals surface area contributed by atoms with Crippen molar-refractivity contribution in [2.45, 2.75) is 51.8 Å². The standard InChI is InChI=1S/C26H35ClN4O4/c1-3-34-22-13-18(14-23(25(22)27)35-4-2)16-30-10-7-20(8-11-30)29-24-6-5-19(15-28-24)26(33)31-12-9-21(32)17-31/h5-6,13-15,20-21,32H,3-4,7-12,16-17H2,1-2H3,(H,28,29). The lowest BCUT2D eigenvalue weighted by Gasteiger charge is -2.32. The van der Waals surface area contributed by atoms with Crippen LogP contribution < -0.4 is 14.8 Å². The van der Waals surface area contributed by atoms with Gasteiger partial charge in [0.05, 0.1) is 24.9 Å². The van der Waals surface area contributed by atoms with Crippen LogP contribution in [0.2, 0.25) is 5.02 Å². The molecule has 0 bridgehead atoms. The van der Waals surface area contributed by atoms with Gasteiger partial charge >= 0.3 is 0 Å². The molecule has 0 saturated carbocycles. The summed E-state index contributed by atoms with van der Waals surface area (Å²) in [6.07, 6.45) is 3.83. The van der Waals surface area contributed by atoms with Crippen molar-refractivity contribution in [3.63, 3.8) is 0 Å². The summed E-state index contributed by atoms with van der Waals surface area (Å²) in [5.41, 5.74) is 1.68. The van der Waals surface area contributed by atoms with Crippen molar-refractivity contribution < 1.29 is 19.4 Å². The first-order valence-corrected chi connectivity index (χ1v) is 12.8. The van der Waals surface area contributed by atoms with Gasteiger partial charge in [-0.05, 0) is 62.9 Å². The minimum Gasteiger partial charge on any atom is -0.492 e. The summed E-state index contributed by atoms with van der Waals surface area (Å²) in [4.78, 5) is 21.1. The number of anilines is 1. The molecule has 2 aromatic rings. The fraction of sp³-hybridized carbons (Fsp3) is 0.538. The van der Waals surface area contributed by atoms with Crippen molar-refractivity contribution in [1.82, 2.24) is 14.8 Å². The molecule has 2 aliphatic rings. The molecule has 8 nitrogen and oxygen atoms in total. The highest BCUT2D eigenvalue weighted by atomic mass is 35.5. The Morgan fingerprint density at radius 1 is 1.11 bits per heavy atom. The number of likely N-dealkylation sites (tertiary alicyclic amines) is 2. The van der Waals surface area contributed by atoms with E-state index < -0.39 is 6.10 Å². The normalized spacial score (nSPS) is 19.1. The summed E-state index contributed by atoms with van der Waals surface area (Å²) in [7, 11) is 0. The van der Waals surface area contributed by atoms with Crippen molar-refractivity contribution in [2.24, 2.45) is 0 Å². The Balaban J connectivity index is 1.29. The molecule has 0 aliphatic carbocycles. The van der Waals surface area contributed by atoms with Gasteiger partial charge in [-0.2, -0.15) is 0 Å². The Morgan fingerprint density at radius 3 is 2.34 bits per heavy atom. The SMILES string of the molecule is CCOc1cc(CN2CCC(Nc3ccc(C(=O)N4CCC(O)C4)cn3)CC2)cc(OCC)c1Cl. The van der Waals surface area contributed by atoms with Gasteiger partial charge in [0.1, 0.15) is 22.3 Å². The van der Waals surface area contributed by atoms with Crippen LogP contribution in [0.1, 0.15) is 49.0 Å². The van der Waals surface area contributed by atoms with Crippen molar-refractivity contribution in [2.75, 3.05) is 44.7 Å². The van der Waals surface area contributed by atoms with Crippen LogP contribution in [-0.4, -0.2) is 77.3 Å². The van der Waals surface area contributed by atoms with Gasteiger partial charge in [-0.3, -0.25) is 9.69 Å². The number of β-amino-alcohol motifs (C(OH)–C–C–N with tert-alkyl or cyclic N) is 1. The van der Waals surface area contributed by atoms with Crippen molar-refractivity contribution in [3.05, 3.63) is 46.6 Å². The smallest absolute Gasteiger partial charge is 0.255 e. The van der Waals surface area contributed by atoms with E-state index in [1.54, 1.807) is 11.1 Å². The van der Waals surface area contributed by atoms with Crippen LogP contribution in [0, 0.1) is 0 Å². The lowest BCUT2D eigenvalue weighted by molar-refractivity contribution is 0.0764. The van der Waals surface area contributed by atoms with Crippen LogP contribution in [0.15, 0.2) is 30.5 Å². The first kappa shape index (κ1) is 25.5. The number of benzene rings is 1. The fourth-order valence-corrected chi connectivity index (χ4v) is 4.87. The van der Waals surface area contributed by atoms with E-state index in [0.29, 0.717) is 60.9 Å². The Bertz CT molecular complexity index is 968. The number of pyridine rings is 1. The predicted octanol–water partition coefficient (Wildman–Crippen LogP) is 3.82. The molecular weight excluding hydrogens is 468 g/mol. The number of aliphatic hydroxyl groups is 1. The largest absolute Gasteiger partial charge is 0.492 e. The van der Waals surface area contributed by atoms with Gasteiger partial charge in [-0.1, -0.05) is 11.6 Å². The third-order valence-corrected chi connectivity index (χ3v) is 6.84. The van der Waals surface area contributed by atoms with E-state index in [1.807, 2.05) is 38.1 Å². The maximum atomic E-state index is 12.5.